The van der Waals surface area contributed by atoms with Gasteiger partial charge < -0.3 is 9.84 Å². The maximum Gasteiger partial charge on any atom is 0.311 e. The Kier molecular flexibility index (Phi) is 5.22. The van der Waals surface area contributed by atoms with E-state index < -0.39 is 11.4 Å². The predicted molar refractivity (Wildman–Crippen MR) is 67.6 cm³/mol. The van der Waals surface area contributed by atoms with E-state index in [2.05, 4.69) is 4.90 Å². The topological polar surface area (TPSA) is 49.8 Å². The van der Waals surface area contributed by atoms with Crippen molar-refractivity contribution in [2.45, 2.75) is 26.2 Å². The molecule has 1 heterocycles. The molecule has 0 aromatic heterocycles. The Balaban J connectivity index is 0.00000144. The summed E-state index contributed by atoms with van der Waals surface area (Å²) in [6.07, 6.45) is 3.02. The van der Waals surface area contributed by atoms with Crippen LogP contribution in [0.2, 0.25) is 0 Å². The van der Waals surface area contributed by atoms with Crippen LogP contribution in [0.5, 0.6) is 0 Å². The van der Waals surface area contributed by atoms with Crippen LogP contribution in [0.3, 0.4) is 0 Å². The van der Waals surface area contributed by atoms with E-state index >= 15 is 0 Å². The minimum Gasteiger partial charge on any atom is -0.481 e. The number of carbonyl (C=O) groups is 1. The van der Waals surface area contributed by atoms with Gasteiger partial charge in [-0.2, -0.15) is 0 Å². The first-order valence-electron chi connectivity index (χ1n) is 6.22. The molecule has 5 heteroatoms. The molecule has 0 bridgehead atoms. The molecule has 4 nitrogen and oxygen atoms in total. The molecule has 1 N–H and O–H groups in total. The number of nitrogens with zero attached hydrogens (tertiary/aromatic N) is 1. The number of aliphatic carboxylic acids is 1. The summed E-state index contributed by atoms with van der Waals surface area (Å²) in [7, 11) is 0. The van der Waals surface area contributed by atoms with Crippen molar-refractivity contribution in [2.75, 3.05) is 32.8 Å². The largest absolute Gasteiger partial charge is 0.481 e. The minimum atomic E-state index is -0.589. The Morgan fingerprint density at radius 3 is 2.94 bits per heavy atom. The van der Waals surface area contributed by atoms with Crippen LogP contribution in [0.1, 0.15) is 26.2 Å². The first kappa shape index (κ1) is 14.7. The molecule has 2 fully saturated rings. The van der Waals surface area contributed by atoms with Crippen LogP contribution in [0.15, 0.2) is 0 Å². The lowest BCUT2D eigenvalue weighted by Crippen LogP contribution is -2.36. The van der Waals surface area contributed by atoms with E-state index in [1.807, 2.05) is 6.92 Å². The summed E-state index contributed by atoms with van der Waals surface area (Å²) < 4.78 is 5.32. The molecule has 2 atom stereocenters. The molecule has 0 aromatic rings. The fraction of sp³-hybridized carbons (Fsp3) is 0.917. The van der Waals surface area contributed by atoms with Crippen molar-refractivity contribution in [1.29, 1.82) is 0 Å². The molecular weight excluding hydrogens is 242 g/mol. The highest BCUT2D eigenvalue weighted by Gasteiger charge is 2.54. The van der Waals surface area contributed by atoms with Gasteiger partial charge in [0.2, 0.25) is 0 Å². The number of likely N-dealkylation sites (tertiary alicyclic amines) is 1. The molecule has 0 unspecified atom stereocenters. The van der Waals surface area contributed by atoms with Gasteiger partial charge in [-0.05, 0) is 25.7 Å². The van der Waals surface area contributed by atoms with Gasteiger partial charge in [-0.1, -0.05) is 6.42 Å². The van der Waals surface area contributed by atoms with Crippen molar-refractivity contribution in [1.82, 2.24) is 4.90 Å². The van der Waals surface area contributed by atoms with E-state index in [9.17, 15) is 9.90 Å². The molecule has 1 aliphatic carbocycles. The zero-order chi connectivity index (χ0) is 11.6. The van der Waals surface area contributed by atoms with Gasteiger partial charge in [0.15, 0.2) is 0 Å². The van der Waals surface area contributed by atoms with E-state index in [-0.39, 0.29) is 12.4 Å². The lowest BCUT2D eigenvalue weighted by Gasteiger charge is -2.23. The molecular formula is C12H22ClNO3. The maximum absolute atomic E-state index is 11.4. The normalized spacial score (nSPS) is 32.2. The second-order valence-electron chi connectivity index (χ2n) is 4.98. The first-order chi connectivity index (χ1) is 7.69. The second-order valence-corrected chi connectivity index (χ2v) is 4.98. The Morgan fingerprint density at radius 2 is 2.35 bits per heavy atom. The highest BCUT2D eigenvalue weighted by Crippen LogP contribution is 2.48. The molecule has 2 rings (SSSR count). The van der Waals surface area contributed by atoms with Gasteiger partial charge in [-0.25, -0.2) is 0 Å². The van der Waals surface area contributed by atoms with Gasteiger partial charge in [0.25, 0.3) is 0 Å². The third-order valence-electron chi connectivity index (χ3n) is 4.12. The van der Waals surface area contributed by atoms with Gasteiger partial charge >= 0.3 is 5.97 Å². The quantitative estimate of drug-likeness (QED) is 0.766. The third kappa shape index (κ3) is 2.75. The van der Waals surface area contributed by atoms with Gasteiger partial charge in [-0.3, -0.25) is 9.69 Å². The fourth-order valence-corrected chi connectivity index (χ4v) is 3.25. The van der Waals surface area contributed by atoms with Crippen LogP contribution >= 0.6 is 12.4 Å². The van der Waals surface area contributed by atoms with E-state index in [0.717, 1.165) is 52.1 Å². The number of ether oxygens (including phenoxy) is 1. The van der Waals surface area contributed by atoms with Crippen LogP contribution in [0, 0.1) is 11.3 Å². The summed E-state index contributed by atoms with van der Waals surface area (Å²) >= 11 is 0. The molecule has 100 valence electrons. The fourth-order valence-electron chi connectivity index (χ4n) is 3.25. The summed E-state index contributed by atoms with van der Waals surface area (Å²) in [5.74, 6) is -0.222. The van der Waals surface area contributed by atoms with Crippen molar-refractivity contribution in [3.05, 3.63) is 0 Å². The molecule has 0 radical (unpaired) electrons. The minimum absolute atomic E-state index is 0. The van der Waals surface area contributed by atoms with Crippen molar-refractivity contribution < 1.29 is 14.6 Å². The summed E-state index contributed by atoms with van der Waals surface area (Å²) in [5, 5.41) is 9.41. The van der Waals surface area contributed by atoms with Crippen molar-refractivity contribution in [2.24, 2.45) is 11.3 Å². The summed E-state index contributed by atoms with van der Waals surface area (Å²) in [6.45, 7) is 5.98. The molecule has 17 heavy (non-hydrogen) atoms. The van der Waals surface area contributed by atoms with Gasteiger partial charge in [0, 0.05) is 26.2 Å². The van der Waals surface area contributed by atoms with Crippen molar-refractivity contribution in [3.8, 4) is 0 Å². The number of rotatable bonds is 5. The first-order valence-corrected chi connectivity index (χ1v) is 6.22. The second kappa shape index (κ2) is 6.03. The van der Waals surface area contributed by atoms with Crippen LogP contribution in [0.4, 0.5) is 0 Å². The predicted octanol–water partition coefficient (Wildman–Crippen LogP) is 1.63. The molecule has 2 aliphatic rings. The van der Waals surface area contributed by atoms with Crippen LogP contribution < -0.4 is 0 Å². The SMILES string of the molecule is CCOCCN1C[C@@H]2CCC[C@@]2(C(=O)O)C1.Cl. The smallest absolute Gasteiger partial charge is 0.311 e. The Bertz CT molecular complexity index is 274. The molecule has 0 aromatic carbocycles. The van der Waals surface area contributed by atoms with Crippen molar-refractivity contribution >= 4 is 18.4 Å². The number of halogens is 1. The Labute approximate surface area is 109 Å². The number of hydrogen-bond acceptors (Lipinski definition) is 3. The zero-order valence-corrected chi connectivity index (χ0v) is 11.2. The highest BCUT2D eigenvalue weighted by molar-refractivity contribution is 5.85. The monoisotopic (exact) mass is 263 g/mol. The lowest BCUT2D eigenvalue weighted by atomic mass is 9.81. The van der Waals surface area contributed by atoms with Crippen molar-refractivity contribution in [3.63, 3.8) is 0 Å². The Hall–Kier alpha value is -0.320. The number of hydrogen-bond donors (Lipinski definition) is 1. The van der Waals surface area contributed by atoms with Crippen LogP contribution in [-0.2, 0) is 9.53 Å². The standard InChI is InChI=1S/C12H21NO3.ClH/c1-2-16-7-6-13-8-10-4-3-5-12(10,9-13)11(14)15;/h10H,2-9H2,1H3,(H,14,15);1H/t10-,12+;/m0./s1. The number of carboxylic acids is 1. The Morgan fingerprint density at radius 1 is 1.59 bits per heavy atom. The van der Waals surface area contributed by atoms with Gasteiger partial charge in [-0.15, -0.1) is 12.4 Å². The lowest BCUT2D eigenvalue weighted by molar-refractivity contribution is -0.149. The highest BCUT2D eigenvalue weighted by atomic mass is 35.5. The molecule has 0 amide bonds. The number of carboxylic acid groups (broad SMARTS) is 1. The van der Waals surface area contributed by atoms with Crippen LogP contribution in [-0.4, -0.2) is 48.8 Å². The molecule has 1 saturated carbocycles. The summed E-state index contributed by atoms with van der Waals surface area (Å²) in [6, 6.07) is 0. The van der Waals surface area contributed by atoms with E-state index in [1.165, 1.54) is 0 Å². The van der Waals surface area contributed by atoms with E-state index in [0.29, 0.717) is 5.92 Å². The molecule has 1 saturated heterocycles. The van der Waals surface area contributed by atoms with Gasteiger partial charge in [0.1, 0.15) is 0 Å². The summed E-state index contributed by atoms with van der Waals surface area (Å²) in [4.78, 5) is 13.7. The van der Waals surface area contributed by atoms with Crippen LogP contribution in [0.25, 0.3) is 0 Å². The third-order valence-corrected chi connectivity index (χ3v) is 4.12. The van der Waals surface area contributed by atoms with E-state index in [1.54, 1.807) is 0 Å². The molecule has 1 aliphatic heterocycles. The number of fused-ring (bicyclic) bond motifs is 1. The van der Waals surface area contributed by atoms with E-state index in [4.69, 9.17) is 4.74 Å². The maximum atomic E-state index is 11.4. The zero-order valence-electron chi connectivity index (χ0n) is 10.4. The average molecular weight is 264 g/mol. The summed E-state index contributed by atoms with van der Waals surface area (Å²) in [5.41, 5.74) is -0.438. The van der Waals surface area contributed by atoms with Gasteiger partial charge in [0.05, 0.1) is 12.0 Å². The average Bonchev–Trinajstić information content (AvgIpc) is 2.74. The molecule has 0 spiro atoms.